The van der Waals surface area contributed by atoms with Crippen LogP contribution in [-0.2, 0) is 10.0 Å². The van der Waals surface area contributed by atoms with Crippen LogP contribution in [0.25, 0.3) is 0 Å². The standard InChI is InChI=1S/C15H24N2O5S/c1-11(2)17(23(5,19)20)9-8-16-15(18)12-6-7-13(21-3)14(10-12)22-4/h6-7,10-11H,8-9H2,1-5H3,(H,16,18). The fraction of sp³-hybridized carbons (Fsp3) is 0.533. The van der Waals surface area contributed by atoms with Gasteiger partial charge in [-0.2, -0.15) is 4.31 Å². The van der Waals surface area contributed by atoms with Crippen LogP contribution in [0.2, 0.25) is 0 Å². The van der Waals surface area contributed by atoms with Crippen molar-refractivity contribution < 1.29 is 22.7 Å². The van der Waals surface area contributed by atoms with Gasteiger partial charge in [0.1, 0.15) is 0 Å². The summed E-state index contributed by atoms with van der Waals surface area (Å²) in [6.45, 7) is 4.02. The Morgan fingerprint density at radius 3 is 2.30 bits per heavy atom. The van der Waals surface area contributed by atoms with E-state index >= 15 is 0 Å². The van der Waals surface area contributed by atoms with E-state index in [0.29, 0.717) is 17.1 Å². The highest BCUT2D eigenvalue weighted by atomic mass is 32.2. The Bertz CT molecular complexity index is 643. The molecule has 0 atom stereocenters. The maximum atomic E-state index is 12.1. The minimum Gasteiger partial charge on any atom is -0.493 e. The summed E-state index contributed by atoms with van der Waals surface area (Å²) in [5.74, 6) is 0.690. The smallest absolute Gasteiger partial charge is 0.251 e. The van der Waals surface area contributed by atoms with E-state index in [9.17, 15) is 13.2 Å². The van der Waals surface area contributed by atoms with Crippen LogP contribution in [0, 0.1) is 0 Å². The van der Waals surface area contributed by atoms with Crippen molar-refractivity contribution in [2.24, 2.45) is 0 Å². The van der Waals surface area contributed by atoms with Crippen LogP contribution >= 0.6 is 0 Å². The number of benzene rings is 1. The van der Waals surface area contributed by atoms with Crippen molar-refractivity contribution in [3.63, 3.8) is 0 Å². The maximum absolute atomic E-state index is 12.1. The molecule has 0 aliphatic carbocycles. The number of carbonyl (C=O) groups is 1. The molecule has 7 nitrogen and oxygen atoms in total. The van der Waals surface area contributed by atoms with Gasteiger partial charge >= 0.3 is 0 Å². The van der Waals surface area contributed by atoms with Gasteiger partial charge in [-0.3, -0.25) is 4.79 Å². The lowest BCUT2D eigenvalue weighted by atomic mass is 10.2. The predicted octanol–water partition coefficient (Wildman–Crippen LogP) is 1.10. The Kier molecular flexibility index (Phi) is 6.83. The molecule has 0 unspecified atom stereocenters. The van der Waals surface area contributed by atoms with Crippen molar-refractivity contribution in [1.29, 1.82) is 0 Å². The van der Waals surface area contributed by atoms with Crippen molar-refractivity contribution in [1.82, 2.24) is 9.62 Å². The average molecular weight is 344 g/mol. The molecule has 1 amide bonds. The van der Waals surface area contributed by atoms with E-state index in [2.05, 4.69) is 5.32 Å². The number of carbonyl (C=O) groups excluding carboxylic acids is 1. The zero-order valence-electron chi connectivity index (χ0n) is 14.1. The van der Waals surface area contributed by atoms with E-state index < -0.39 is 10.0 Å². The third-order valence-electron chi connectivity index (χ3n) is 3.27. The van der Waals surface area contributed by atoms with E-state index in [1.54, 1.807) is 32.0 Å². The number of ether oxygens (including phenoxy) is 2. The minimum absolute atomic E-state index is 0.164. The number of hydrogen-bond donors (Lipinski definition) is 1. The van der Waals surface area contributed by atoms with Gasteiger partial charge in [0.2, 0.25) is 10.0 Å². The minimum atomic E-state index is -3.30. The maximum Gasteiger partial charge on any atom is 0.251 e. The second kappa shape index (κ2) is 8.16. The molecule has 0 radical (unpaired) electrons. The summed E-state index contributed by atoms with van der Waals surface area (Å²) in [5.41, 5.74) is 0.415. The van der Waals surface area contributed by atoms with E-state index in [1.165, 1.54) is 18.5 Å². The molecular weight excluding hydrogens is 320 g/mol. The first-order valence-corrected chi connectivity index (χ1v) is 9.02. The fourth-order valence-corrected chi connectivity index (χ4v) is 3.35. The van der Waals surface area contributed by atoms with Crippen LogP contribution < -0.4 is 14.8 Å². The Hall–Kier alpha value is -1.80. The van der Waals surface area contributed by atoms with Crippen LogP contribution in [0.3, 0.4) is 0 Å². The highest BCUT2D eigenvalue weighted by molar-refractivity contribution is 7.88. The largest absolute Gasteiger partial charge is 0.493 e. The van der Waals surface area contributed by atoms with Gasteiger partial charge in [0.05, 0.1) is 20.5 Å². The molecule has 0 heterocycles. The first-order valence-electron chi connectivity index (χ1n) is 7.17. The lowest BCUT2D eigenvalue weighted by Crippen LogP contribution is -2.41. The molecule has 0 aromatic heterocycles. The Labute approximate surface area is 137 Å². The van der Waals surface area contributed by atoms with E-state index in [4.69, 9.17) is 9.47 Å². The number of hydrogen-bond acceptors (Lipinski definition) is 5. The number of nitrogens with zero attached hydrogens (tertiary/aromatic N) is 1. The van der Waals surface area contributed by atoms with Gasteiger partial charge in [0.15, 0.2) is 11.5 Å². The van der Waals surface area contributed by atoms with Gasteiger partial charge < -0.3 is 14.8 Å². The second-order valence-corrected chi connectivity index (χ2v) is 7.23. The molecule has 0 aliphatic rings. The normalized spacial score (nSPS) is 11.6. The zero-order chi connectivity index (χ0) is 17.6. The first-order chi connectivity index (χ1) is 10.7. The summed E-state index contributed by atoms with van der Waals surface area (Å²) in [5, 5.41) is 2.70. The van der Waals surface area contributed by atoms with E-state index in [-0.39, 0.29) is 25.0 Å². The van der Waals surface area contributed by atoms with Crippen molar-refractivity contribution in [2.45, 2.75) is 19.9 Å². The van der Waals surface area contributed by atoms with Gasteiger partial charge in [-0.25, -0.2) is 8.42 Å². The van der Waals surface area contributed by atoms with Crippen LogP contribution in [0.4, 0.5) is 0 Å². The predicted molar refractivity (Wildman–Crippen MR) is 88.6 cm³/mol. The SMILES string of the molecule is COc1ccc(C(=O)NCCN(C(C)C)S(C)(=O)=O)cc1OC. The van der Waals surface area contributed by atoms with E-state index in [0.717, 1.165) is 6.26 Å². The molecule has 0 bridgehead atoms. The molecule has 1 aromatic rings. The number of amides is 1. The second-order valence-electron chi connectivity index (χ2n) is 5.29. The summed E-state index contributed by atoms with van der Waals surface area (Å²) < 4.78 is 34.9. The monoisotopic (exact) mass is 344 g/mol. The quantitative estimate of drug-likeness (QED) is 0.763. The molecule has 0 saturated heterocycles. The van der Waals surface area contributed by atoms with Crippen molar-refractivity contribution in [3.8, 4) is 11.5 Å². The highest BCUT2D eigenvalue weighted by Gasteiger charge is 2.20. The molecular formula is C15H24N2O5S. The number of nitrogens with one attached hydrogen (secondary N) is 1. The number of methoxy groups -OCH3 is 2. The van der Waals surface area contributed by atoms with Crippen molar-refractivity contribution >= 4 is 15.9 Å². The molecule has 1 aromatic carbocycles. The van der Waals surface area contributed by atoms with Crippen LogP contribution in [0.1, 0.15) is 24.2 Å². The fourth-order valence-electron chi connectivity index (χ4n) is 2.17. The van der Waals surface area contributed by atoms with Crippen LogP contribution in [0.5, 0.6) is 11.5 Å². The average Bonchev–Trinajstić information content (AvgIpc) is 2.48. The Morgan fingerprint density at radius 2 is 1.83 bits per heavy atom. The van der Waals surface area contributed by atoms with Gasteiger partial charge in [-0.15, -0.1) is 0 Å². The summed E-state index contributed by atoms with van der Waals surface area (Å²) in [7, 11) is -0.292. The van der Waals surface area contributed by atoms with Gasteiger partial charge in [0, 0.05) is 24.7 Å². The molecule has 0 aliphatic heterocycles. The molecule has 1 N–H and O–H groups in total. The van der Waals surface area contributed by atoms with Crippen LogP contribution in [0.15, 0.2) is 18.2 Å². The molecule has 23 heavy (non-hydrogen) atoms. The molecule has 0 fully saturated rings. The van der Waals surface area contributed by atoms with Crippen molar-refractivity contribution in [2.75, 3.05) is 33.6 Å². The first kappa shape index (κ1) is 19.2. The van der Waals surface area contributed by atoms with Crippen LogP contribution in [-0.4, -0.2) is 58.2 Å². The molecule has 1 rings (SSSR count). The molecule has 0 spiro atoms. The van der Waals surface area contributed by atoms with Gasteiger partial charge in [-0.1, -0.05) is 0 Å². The van der Waals surface area contributed by atoms with Gasteiger partial charge in [-0.05, 0) is 32.0 Å². The van der Waals surface area contributed by atoms with E-state index in [1.807, 2.05) is 0 Å². The third-order valence-corrected chi connectivity index (χ3v) is 4.72. The molecule has 0 saturated carbocycles. The van der Waals surface area contributed by atoms with Crippen molar-refractivity contribution in [3.05, 3.63) is 23.8 Å². The van der Waals surface area contributed by atoms with Gasteiger partial charge in [0.25, 0.3) is 5.91 Å². The lowest BCUT2D eigenvalue weighted by molar-refractivity contribution is 0.0950. The highest BCUT2D eigenvalue weighted by Crippen LogP contribution is 2.27. The summed E-state index contributed by atoms with van der Waals surface area (Å²) in [4.78, 5) is 12.1. The zero-order valence-corrected chi connectivity index (χ0v) is 14.9. The summed E-state index contributed by atoms with van der Waals surface area (Å²) in [6, 6.07) is 4.67. The third kappa shape index (κ3) is 5.40. The molecule has 130 valence electrons. The lowest BCUT2D eigenvalue weighted by Gasteiger charge is -2.23. The Balaban J connectivity index is 2.70. The molecule has 8 heteroatoms. The number of sulfonamides is 1. The summed E-state index contributed by atoms with van der Waals surface area (Å²) in [6.07, 6.45) is 1.16. The Morgan fingerprint density at radius 1 is 1.22 bits per heavy atom. The summed E-state index contributed by atoms with van der Waals surface area (Å²) >= 11 is 0. The number of rotatable bonds is 8. The topological polar surface area (TPSA) is 84.9 Å².